The van der Waals surface area contributed by atoms with Crippen LogP contribution in [0.2, 0.25) is 0 Å². The first kappa shape index (κ1) is 17.1. The van der Waals surface area contributed by atoms with Gasteiger partial charge in [-0.2, -0.15) is 15.1 Å². The van der Waals surface area contributed by atoms with E-state index in [4.69, 9.17) is 5.41 Å². The van der Waals surface area contributed by atoms with Gasteiger partial charge in [0.1, 0.15) is 5.04 Å². The lowest BCUT2D eigenvalue weighted by Crippen LogP contribution is -2.35. The van der Waals surface area contributed by atoms with Gasteiger partial charge in [-0.15, -0.1) is 0 Å². The molecule has 124 valence electrons. The van der Waals surface area contributed by atoms with E-state index in [2.05, 4.69) is 39.9 Å². The Balaban J connectivity index is 1.93. The van der Waals surface area contributed by atoms with Gasteiger partial charge in [0.15, 0.2) is 5.84 Å². The number of aliphatic imine (C=N–C) groups is 1. The zero-order valence-corrected chi connectivity index (χ0v) is 15.8. The molecule has 1 N–H and O–H groups in total. The predicted molar refractivity (Wildman–Crippen MR) is 103 cm³/mol. The number of hydrogen-bond acceptors (Lipinski definition) is 4. The lowest BCUT2D eigenvalue weighted by atomic mass is 10.1. The third-order valence-corrected chi connectivity index (χ3v) is 5.59. The van der Waals surface area contributed by atoms with E-state index in [1.807, 2.05) is 24.3 Å². The molecule has 7 heteroatoms. The lowest BCUT2D eigenvalue weighted by Gasteiger charge is -2.20. The zero-order valence-electron chi connectivity index (χ0n) is 13.4. The summed E-state index contributed by atoms with van der Waals surface area (Å²) in [4.78, 5) is 16.5. The second kappa shape index (κ2) is 7.03. The first-order valence-corrected chi connectivity index (χ1v) is 9.40. The summed E-state index contributed by atoms with van der Waals surface area (Å²) >= 11 is 4.78. The van der Waals surface area contributed by atoms with Crippen LogP contribution in [0.25, 0.3) is 6.08 Å². The third kappa shape index (κ3) is 3.23. The number of fused-ring (bicyclic) bond motifs is 1. The van der Waals surface area contributed by atoms with E-state index < -0.39 is 0 Å². The molecule has 0 fully saturated rings. The minimum Gasteiger partial charge on any atom is -0.282 e. The van der Waals surface area contributed by atoms with Crippen LogP contribution < -0.4 is 0 Å². The summed E-state index contributed by atoms with van der Waals surface area (Å²) in [7, 11) is 0. The fourth-order valence-corrected chi connectivity index (χ4v) is 3.96. The van der Waals surface area contributed by atoms with Crippen molar-refractivity contribution < 1.29 is 4.79 Å². The number of nitrogens with one attached hydrogen (secondary N) is 1. The molecular weight excluding hydrogens is 388 g/mol. The third-order valence-electron chi connectivity index (χ3n) is 3.99. The lowest BCUT2D eigenvalue weighted by molar-refractivity contribution is -0.114. The molecule has 5 nitrogen and oxygen atoms in total. The highest BCUT2D eigenvalue weighted by atomic mass is 79.9. The van der Waals surface area contributed by atoms with E-state index >= 15 is 0 Å². The van der Waals surface area contributed by atoms with Gasteiger partial charge in [0.2, 0.25) is 5.17 Å². The second-order valence-corrected chi connectivity index (χ2v) is 7.43. The van der Waals surface area contributed by atoms with Gasteiger partial charge >= 0.3 is 0 Å². The number of rotatable bonds is 4. The van der Waals surface area contributed by atoms with Crippen LogP contribution in [0.4, 0.5) is 0 Å². The molecule has 0 saturated carbocycles. The molecule has 2 heterocycles. The van der Waals surface area contributed by atoms with Crippen LogP contribution in [-0.2, 0) is 4.79 Å². The van der Waals surface area contributed by atoms with E-state index in [0.717, 1.165) is 27.9 Å². The minimum atomic E-state index is -0.386. The molecule has 0 radical (unpaired) electrons. The molecule has 0 aromatic heterocycles. The van der Waals surface area contributed by atoms with Gasteiger partial charge in [-0.1, -0.05) is 41.9 Å². The van der Waals surface area contributed by atoms with E-state index in [1.165, 1.54) is 16.8 Å². The maximum atomic E-state index is 12.3. The molecular formula is C17H17BrN4OS. The number of benzene rings is 1. The number of thioether (sulfide) groups is 1. The summed E-state index contributed by atoms with van der Waals surface area (Å²) in [6.07, 6.45) is 3.64. The van der Waals surface area contributed by atoms with E-state index in [0.29, 0.717) is 11.1 Å². The summed E-state index contributed by atoms with van der Waals surface area (Å²) in [5.41, 5.74) is 1.11. The maximum absolute atomic E-state index is 12.3. The Morgan fingerprint density at radius 2 is 1.96 bits per heavy atom. The van der Waals surface area contributed by atoms with Crippen molar-refractivity contribution in [2.75, 3.05) is 0 Å². The Morgan fingerprint density at radius 3 is 2.58 bits per heavy atom. The van der Waals surface area contributed by atoms with Crippen LogP contribution in [0.15, 0.2) is 44.4 Å². The molecule has 24 heavy (non-hydrogen) atoms. The number of hydrazone groups is 1. The van der Waals surface area contributed by atoms with Gasteiger partial charge in [0.25, 0.3) is 5.91 Å². The van der Waals surface area contributed by atoms with Crippen molar-refractivity contribution in [2.45, 2.75) is 26.7 Å². The average Bonchev–Trinajstić information content (AvgIpc) is 2.98. The molecule has 1 aromatic rings. The van der Waals surface area contributed by atoms with Gasteiger partial charge < -0.3 is 0 Å². The number of carbonyl (C=O) groups is 1. The van der Waals surface area contributed by atoms with Gasteiger partial charge in [-0.05, 0) is 48.4 Å². The van der Waals surface area contributed by atoms with Crippen molar-refractivity contribution in [3.05, 3.63) is 39.9 Å². The van der Waals surface area contributed by atoms with Crippen molar-refractivity contribution in [3.63, 3.8) is 0 Å². The smallest absolute Gasteiger partial charge is 0.282 e. The highest BCUT2D eigenvalue weighted by molar-refractivity contribution is 9.10. The van der Waals surface area contributed by atoms with Gasteiger partial charge in [-0.3, -0.25) is 10.2 Å². The highest BCUT2D eigenvalue weighted by Gasteiger charge is 2.36. The van der Waals surface area contributed by atoms with Crippen LogP contribution in [0.1, 0.15) is 32.3 Å². The molecule has 1 aromatic carbocycles. The molecule has 0 atom stereocenters. The van der Waals surface area contributed by atoms with Crippen molar-refractivity contribution >= 4 is 55.7 Å². The summed E-state index contributed by atoms with van der Waals surface area (Å²) in [6.45, 7) is 4.23. The Kier molecular flexibility index (Phi) is 5.01. The SMILES string of the molecule is CCC(CC)C1=NN2C(=N)C(=Cc3ccc(Br)cc3)C(=O)N=C2S1. The highest BCUT2D eigenvalue weighted by Crippen LogP contribution is 2.32. The number of hydrogen-bond donors (Lipinski definition) is 1. The quantitative estimate of drug-likeness (QED) is 0.750. The van der Waals surface area contributed by atoms with Crippen molar-refractivity contribution in [1.82, 2.24) is 5.01 Å². The van der Waals surface area contributed by atoms with Gasteiger partial charge in [0, 0.05) is 10.4 Å². The van der Waals surface area contributed by atoms with Gasteiger partial charge in [0.05, 0.1) is 5.57 Å². The summed E-state index contributed by atoms with van der Waals surface area (Å²) in [5.74, 6) is 0.0362. The fraction of sp³-hybridized carbons (Fsp3) is 0.294. The van der Waals surface area contributed by atoms with Crippen molar-refractivity contribution in [1.29, 1.82) is 5.41 Å². The monoisotopic (exact) mass is 404 g/mol. The van der Waals surface area contributed by atoms with E-state index in [9.17, 15) is 4.79 Å². The number of amidine groups is 2. The first-order valence-electron chi connectivity index (χ1n) is 7.79. The molecule has 0 saturated heterocycles. The molecule has 0 bridgehead atoms. The van der Waals surface area contributed by atoms with Crippen molar-refractivity contribution in [3.8, 4) is 0 Å². The maximum Gasteiger partial charge on any atom is 0.283 e. The molecule has 1 amide bonds. The minimum absolute atomic E-state index is 0.0846. The first-order chi connectivity index (χ1) is 11.5. The predicted octanol–water partition coefficient (Wildman–Crippen LogP) is 4.50. The summed E-state index contributed by atoms with van der Waals surface area (Å²) in [6, 6.07) is 7.56. The summed E-state index contributed by atoms with van der Waals surface area (Å²) < 4.78 is 0.963. The Labute approximate surface area is 153 Å². The summed E-state index contributed by atoms with van der Waals surface area (Å²) in [5, 5.41) is 15.8. The topological polar surface area (TPSA) is 68.9 Å². The average molecular weight is 405 g/mol. The Hall–Kier alpha value is -1.73. The van der Waals surface area contributed by atoms with Crippen LogP contribution >= 0.6 is 27.7 Å². The molecule has 2 aliphatic rings. The van der Waals surface area contributed by atoms with E-state index in [-0.39, 0.29) is 17.3 Å². The van der Waals surface area contributed by atoms with Crippen LogP contribution in [0, 0.1) is 11.3 Å². The Morgan fingerprint density at radius 1 is 1.29 bits per heavy atom. The van der Waals surface area contributed by atoms with Crippen LogP contribution in [0.5, 0.6) is 0 Å². The number of carbonyl (C=O) groups excluding carboxylic acids is 1. The molecule has 0 spiro atoms. The molecule has 0 aliphatic carbocycles. The fourth-order valence-electron chi connectivity index (χ4n) is 2.54. The number of halogens is 1. The number of amides is 1. The Bertz CT molecular complexity index is 778. The van der Waals surface area contributed by atoms with E-state index in [1.54, 1.807) is 6.08 Å². The van der Waals surface area contributed by atoms with Crippen molar-refractivity contribution in [2.24, 2.45) is 16.0 Å². The molecule has 2 aliphatic heterocycles. The number of nitrogens with zero attached hydrogens (tertiary/aromatic N) is 3. The second-order valence-electron chi connectivity index (χ2n) is 5.52. The zero-order chi connectivity index (χ0) is 17.3. The van der Waals surface area contributed by atoms with Crippen LogP contribution in [0.3, 0.4) is 0 Å². The molecule has 0 unspecified atom stereocenters. The molecule has 3 rings (SSSR count). The van der Waals surface area contributed by atoms with Crippen LogP contribution in [-0.4, -0.2) is 27.0 Å². The van der Waals surface area contributed by atoms with Gasteiger partial charge in [-0.25, -0.2) is 0 Å². The largest absolute Gasteiger partial charge is 0.283 e. The standard InChI is InChI=1S/C17H17BrN4OS/c1-3-11(4-2)16-21-22-14(19)13(15(23)20-17(22)24-16)9-10-5-7-12(18)8-6-10/h5-9,11,19H,3-4H2,1-2H3. The normalized spacial score (nSPS) is 19.0.